The van der Waals surface area contributed by atoms with Gasteiger partial charge in [0.2, 0.25) is 0 Å². The first-order valence-electron chi connectivity index (χ1n) is 3.81. The van der Waals surface area contributed by atoms with Crippen molar-refractivity contribution in [3.8, 4) is 0 Å². The predicted octanol–water partition coefficient (Wildman–Crippen LogP) is 2.45. The van der Waals surface area contributed by atoms with E-state index in [9.17, 15) is 0 Å². The van der Waals surface area contributed by atoms with Gasteiger partial charge in [0, 0.05) is 16.9 Å². The summed E-state index contributed by atoms with van der Waals surface area (Å²) in [6.07, 6.45) is 0.801. The van der Waals surface area contributed by atoms with Gasteiger partial charge >= 0.3 is 0 Å². The lowest BCUT2D eigenvalue weighted by atomic mass is 10.1. The summed E-state index contributed by atoms with van der Waals surface area (Å²) < 4.78 is 0. The van der Waals surface area contributed by atoms with Crippen molar-refractivity contribution < 1.29 is 0 Å². The van der Waals surface area contributed by atoms with E-state index in [2.05, 4.69) is 0 Å². The molecular weight excluding hydrogens is 193 g/mol. The Balaban J connectivity index is 2.58. The zero-order valence-electron chi connectivity index (χ0n) is 6.63. The maximum atomic E-state index is 5.88. The standard InChI is InChI=1S/C9H11Cl2N/c10-8-3-1-7(2-4-8)5-9(11)6-12/h1-4,9H,5-6,12H2. The molecule has 0 fully saturated rings. The minimum atomic E-state index is 0.0196. The Morgan fingerprint density at radius 2 is 1.83 bits per heavy atom. The van der Waals surface area contributed by atoms with Gasteiger partial charge in [0.1, 0.15) is 0 Å². The molecule has 0 saturated heterocycles. The van der Waals surface area contributed by atoms with E-state index in [-0.39, 0.29) is 5.38 Å². The summed E-state index contributed by atoms with van der Waals surface area (Å²) in [5, 5.41) is 0.767. The Kier molecular flexibility index (Phi) is 3.86. The number of alkyl halides is 1. The summed E-state index contributed by atoms with van der Waals surface area (Å²) in [6.45, 7) is 0.504. The molecule has 0 aromatic heterocycles. The van der Waals surface area contributed by atoms with Crippen LogP contribution in [0.2, 0.25) is 5.02 Å². The first kappa shape index (κ1) is 9.85. The fourth-order valence-corrected chi connectivity index (χ4v) is 1.26. The van der Waals surface area contributed by atoms with Gasteiger partial charge in [-0.25, -0.2) is 0 Å². The van der Waals surface area contributed by atoms with Crippen LogP contribution in [0.3, 0.4) is 0 Å². The van der Waals surface area contributed by atoms with Crippen LogP contribution in [0.25, 0.3) is 0 Å². The van der Waals surface area contributed by atoms with Gasteiger partial charge in [0.25, 0.3) is 0 Å². The molecule has 0 spiro atoms. The molecule has 1 aromatic rings. The monoisotopic (exact) mass is 203 g/mol. The summed E-state index contributed by atoms with van der Waals surface area (Å²) >= 11 is 11.6. The SMILES string of the molecule is NCC(Cl)Cc1ccc(Cl)cc1. The van der Waals surface area contributed by atoms with Crippen molar-refractivity contribution in [1.82, 2.24) is 0 Å². The van der Waals surface area contributed by atoms with Crippen molar-refractivity contribution >= 4 is 23.2 Å². The first-order valence-corrected chi connectivity index (χ1v) is 4.62. The molecule has 1 aromatic carbocycles. The van der Waals surface area contributed by atoms with Crippen LogP contribution < -0.4 is 5.73 Å². The molecule has 3 heteroatoms. The Bertz CT molecular complexity index is 233. The Labute approximate surface area is 82.5 Å². The molecule has 0 aliphatic rings. The third kappa shape index (κ3) is 3.02. The Morgan fingerprint density at radius 3 is 2.33 bits per heavy atom. The van der Waals surface area contributed by atoms with Crippen molar-refractivity contribution in [1.29, 1.82) is 0 Å². The van der Waals surface area contributed by atoms with E-state index in [0.29, 0.717) is 6.54 Å². The van der Waals surface area contributed by atoms with Crippen LogP contribution in [0.15, 0.2) is 24.3 Å². The topological polar surface area (TPSA) is 26.0 Å². The molecule has 0 aliphatic heterocycles. The third-order valence-corrected chi connectivity index (χ3v) is 2.21. The molecule has 1 nitrogen and oxygen atoms in total. The van der Waals surface area contributed by atoms with E-state index in [1.54, 1.807) is 0 Å². The molecule has 0 heterocycles. The maximum Gasteiger partial charge on any atom is 0.0498 e. The first-order chi connectivity index (χ1) is 5.72. The van der Waals surface area contributed by atoms with Crippen LogP contribution in [0.5, 0.6) is 0 Å². The summed E-state index contributed by atoms with van der Waals surface area (Å²) in [6, 6.07) is 7.65. The molecule has 0 saturated carbocycles. The quantitative estimate of drug-likeness (QED) is 0.752. The maximum absolute atomic E-state index is 5.88. The van der Waals surface area contributed by atoms with Crippen LogP contribution in [0.1, 0.15) is 5.56 Å². The Morgan fingerprint density at radius 1 is 1.25 bits per heavy atom. The molecule has 0 radical (unpaired) electrons. The minimum absolute atomic E-state index is 0.0196. The van der Waals surface area contributed by atoms with Crippen molar-refractivity contribution in [3.63, 3.8) is 0 Å². The normalized spacial score (nSPS) is 12.9. The number of hydrogen-bond donors (Lipinski definition) is 1. The van der Waals surface area contributed by atoms with Gasteiger partial charge in [0.05, 0.1) is 0 Å². The van der Waals surface area contributed by atoms with Crippen molar-refractivity contribution in [3.05, 3.63) is 34.9 Å². The lowest BCUT2D eigenvalue weighted by molar-refractivity contribution is 0.842. The number of nitrogens with two attached hydrogens (primary N) is 1. The van der Waals surface area contributed by atoms with Gasteiger partial charge in [-0.05, 0) is 24.1 Å². The van der Waals surface area contributed by atoms with E-state index in [0.717, 1.165) is 11.4 Å². The molecule has 1 unspecified atom stereocenters. The second-order valence-corrected chi connectivity index (χ2v) is 3.72. The minimum Gasteiger partial charge on any atom is -0.329 e. The van der Waals surface area contributed by atoms with Crippen LogP contribution in [-0.2, 0) is 6.42 Å². The molecule has 66 valence electrons. The van der Waals surface area contributed by atoms with Gasteiger partial charge in [-0.1, -0.05) is 23.7 Å². The number of benzene rings is 1. The molecular formula is C9H11Cl2N. The average Bonchev–Trinajstić information content (AvgIpc) is 2.09. The van der Waals surface area contributed by atoms with Crippen molar-refractivity contribution in [2.24, 2.45) is 5.73 Å². The van der Waals surface area contributed by atoms with Gasteiger partial charge < -0.3 is 5.73 Å². The van der Waals surface area contributed by atoms with Crippen molar-refractivity contribution in [2.75, 3.05) is 6.54 Å². The zero-order valence-corrected chi connectivity index (χ0v) is 8.15. The van der Waals surface area contributed by atoms with Gasteiger partial charge in [-0.2, -0.15) is 0 Å². The summed E-state index contributed by atoms with van der Waals surface area (Å²) in [7, 11) is 0. The Hall–Kier alpha value is -0.240. The molecule has 12 heavy (non-hydrogen) atoms. The second-order valence-electron chi connectivity index (χ2n) is 2.66. The third-order valence-electron chi connectivity index (χ3n) is 1.63. The largest absolute Gasteiger partial charge is 0.329 e. The van der Waals surface area contributed by atoms with Crippen LogP contribution >= 0.6 is 23.2 Å². The van der Waals surface area contributed by atoms with Crippen molar-refractivity contribution in [2.45, 2.75) is 11.8 Å². The number of hydrogen-bond acceptors (Lipinski definition) is 1. The van der Waals surface area contributed by atoms with E-state index in [1.807, 2.05) is 24.3 Å². The molecule has 2 N–H and O–H groups in total. The lowest BCUT2D eigenvalue weighted by Crippen LogP contribution is -2.16. The molecule has 0 aliphatic carbocycles. The second kappa shape index (κ2) is 4.70. The van der Waals surface area contributed by atoms with E-state index < -0.39 is 0 Å². The van der Waals surface area contributed by atoms with E-state index in [4.69, 9.17) is 28.9 Å². The van der Waals surface area contributed by atoms with E-state index in [1.165, 1.54) is 5.56 Å². The lowest BCUT2D eigenvalue weighted by Gasteiger charge is -2.05. The van der Waals surface area contributed by atoms with Gasteiger partial charge in [0.15, 0.2) is 0 Å². The molecule has 0 bridgehead atoms. The van der Waals surface area contributed by atoms with Crippen LogP contribution in [0.4, 0.5) is 0 Å². The van der Waals surface area contributed by atoms with Gasteiger partial charge in [-0.15, -0.1) is 11.6 Å². The molecule has 1 rings (SSSR count). The highest BCUT2D eigenvalue weighted by Gasteiger charge is 2.02. The zero-order chi connectivity index (χ0) is 8.97. The predicted molar refractivity (Wildman–Crippen MR) is 53.9 cm³/mol. The summed E-state index contributed by atoms with van der Waals surface area (Å²) in [5.74, 6) is 0. The summed E-state index contributed by atoms with van der Waals surface area (Å²) in [5.41, 5.74) is 6.56. The van der Waals surface area contributed by atoms with Crippen LogP contribution in [0, 0.1) is 0 Å². The number of halogens is 2. The molecule has 1 atom stereocenters. The van der Waals surface area contributed by atoms with Crippen LogP contribution in [-0.4, -0.2) is 11.9 Å². The highest BCUT2D eigenvalue weighted by atomic mass is 35.5. The number of rotatable bonds is 3. The molecule has 0 amide bonds. The highest BCUT2D eigenvalue weighted by molar-refractivity contribution is 6.30. The average molecular weight is 204 g/mol. The highest BCUT2D eigenvalue weighted by Crippen LogP contribution is 2.12. The van der Waals surface area contributed by atoms with E-state index >= 15 is 0 Å². The van der Waals surface area contributed by atoms with Gasteiger partial charge in [-0.3, -0.25) is 0 Å². The fraction of sp³-hybridized carbons (Fsp3) is 0.333. The fourth-order valence-electron chi connectivity index (χ4n) is 0.960. The summed E-state index contributed by atoms with van der Waals surface area (Å²) in [4.78, 5) is 0. The smallest absolute Gasteiger partial charge is 0.0498 e.